The van der Waals surface area contributed by atoms with Gasteiger partial charge in [-0.2, -0.15) is 0 Å². The maximum absolute atomic E-state index is 8.58. The van der Waals surface area contributed by atoms with Crippen molar-refractivity contribution in [2.24, 2.45) is 64.2 Å². The third kappa shape index (κ3) is 4.37. The molecule has 31 heavy (non-hydrogen) atoms. The van der Waals surface area contributed by atoms with E-state index in [1.54, 1.807) is 6.08 Å². The Kier molecular flexibility index (Phi) is 7.98. The summed E-state index contributed by atoms with van der Waals surface area (Å²) in [6, 6.07) is 0. The van der Waals surface area contributed by atoms with E-state index in [0.29, 0.717) is 5.41 Å². The molecule has 0 bridgehead atoms. The molecule has 178 valence electrons. The van der Waals surface area contributed by atoms with Crippen LogP contribution >= 0.6 is 0 Å². The molecule has 0 radical (unpaired) electrons. The molecule has 3 heteroatoms. The van der Waals surface area contributed by atoms with Crippen LogP contribution in [0.25, 0.3) is 0 Å². The molecule has 5 saturated carbocycles. The maximum atomic E-state index is 8.58. The van der Waals surface area contributed by atoms with Gasteiger partial charge in [-0.05, 0) is 117 Å². The number of hydrogen-bond acceptors (Lipinski definition) is 2. The van der Waals surface area contributed by atoms with Crippen LogP contribution in [0.15, 0.2) is 12.7 Å². The van der Waals surface area contributed by atoms with Crippen molar-refractivity contribution >= 4 is 6.41 Å². The minimum atomic E-state index is 0.232. The largest absolute Gasteiger partial charge is 0.372 e. The van der Waals surface area contributed by atoms with E-state index in [9.17, 15) is 0 Å². The predicted molar refractivity (Wildman–Crippen MR) is 131 cm³/mol. The molecule has 0 aromatic heterocycles. The molecule has 0 spiro atoms. The number of amides is 1. The van der Waals surface area contributed by atoms with Gasteiger partial charge in [0.05, 0.1) is 0 Å². The Labute approximate surface area is 192 Å². The van der Waals surface area contributed by atoms with Gasteiger partial charge in [-0.15, -0.1) is 6.58 Å². The lowest BCUT2D eigenvalue weighted by Crippen LogP contribution is -2.60. The molecule has 5 aliphatic rings. The Morgan fingerprint density at radius 2 is 1.45 bits per heavy atom. The van der Waals surface area contributed by atoms with Gasteiger partial charge in [-0.1, -0.05) is 39.7 Å². The summed E-state index contributed by atoms with van der Waals surface area (Å²) in [7, 11) is 0. The molecular weight excluding hydrogens is 380 g/mol. The Balaban J connectivity index is 0.000000411. The summed E-state index contributed by atoms with van der Waals surface area (Å²) >= 11 is 0. The van der Waals surface area contributed by atoms with E-state index in [0.717, 1.165) is 47.3 Å². The average Bonchev–Trinajstić information content (AvgIpc) is 3.13. The number of nitrogens with two attached hydrogens (primary N) is 2. The van der Waals surface area contributed by atoms with E-state index >= 15 is 0 Å². The lowest BCUT2D eigenvalue weighted by molar-refractivity contribution is -0.141. The molecule has 0 saturated heterocycles. The predicted octanol–water partition coefficient (Wildman–Crippen LogP) is 6.31. The van der Waals surface area contributed by atoms with Crippen LogP contribution in [-0.2, 0) is 4.79 Å². The minimum absolute atomic E-state index is 0.232. The maximum Gasteiger partial charge on any atom is 0.204 e. The van der Waals surface area contributed by atoms with Gasteiger partial charge in [0.25, 0.3) is 0 Å². The molecule has 0 aromatic carbocycles. The van der Waals surface area contributed by atoms with E-state index in [1.165, 1.54) is 70.6 Å². The zero-order chi connectivity index (χ0) is 22.8. The number of allylic oxidation sites excluding steroid dienone is 1. The molecule has 0 aromatic rings. The van der Waals surface area contributed by atoms with E-state index in [1.807, 2.05) is 6.92 Å². The van der Waals surface area contributed by atoms with Crippen LogP contribution < -0.4 is 11.5 Å². The molecule has 3 nitrogen and oxygen atoms in total. The van der Waals surface area contributed by atoms with Crippen molar-refractivity contribution in [3.63, 3.8) is 0 Å². The van der Waals surface area contributed by atoms with Gasteiger partial charge in [-0.3, -0.25) is 4.79 Å². The summed E-state index contributed by atoms with van der Waals surface area (Å²) in [5.74, 6) is 7.91. The second kappa shape index (κ2) is 9.98. The van der Waals surface area contributed by atoms with Gasteiger partial charge in [0.2, 0.25) is 6.41 Å². The summed E-state index contributed by atoms with van der Waals surface area (Å²) < 4.78 is 0. The van der Waals surface area contributed by atoms with E-state index < -0.39 is 0 Å². The van der Waals surface area contributed by atoms with Crippen LogP contribution in [0, 0.1) is 52.8 Å². The highest BCUT2D eigenvalue weighted by atomic mass is 16.1. The van der Waals surface area contributed by atoms with E-state index in [-0.39, 0.29) is 11.9 Å². The number of carbonyl (C=O) groups excluding carboxylic acids is 1. The molecule has 5 rings (SSSR count). The van der Waals surface area contributed by atoms with Crippen molar-refractivity contribution < 1.29 is 4.79 Å². The number of fused-ring (bicyclic) bond motifs is 7. The van der Waals surface area contributed by atoms with Crippen molar-refractivity contribution in [3.05, 3.63) is 12.7 Å². The number of rotatable bonds is 0. The van der Waals surface area contributed by atoms with Gasteiger partial charge >= 0.3 is 0 Å². The molecule has 5 aliphatic carbocycles. The minimum Gasteiger partial charge on any atom is -0.372 e. The Bertz CT molecular complexity index is 614. The first-order valence-corrected chi connectivity index (χ1v) is 13.3. The van der Waals surface area contributed by atoms with Gasteiger partial charge in [0.1, 0.15) is 0 Å². The van der Waals surface area contributed by atoms with Crippen molar-refractivity contribution in [1.29, 1.82) is 0 Å². The van der Waals surface area contributed by atoms with Crippen molar-refractivity contribution in [1.82, 2.24) is 0 Å². The monoisotopic (exact) mass is 430 g/mol. The van der Waals surface area contributed by atoms with Crippen LogP contribution in [0.3, 0.4) is 0 Å². The van der Waals surface area contributed by atoms with Gasteiger partial charge in [0.15, 0.2) is 0 Å². The van der Waals surface area contributed by atoms with Gasteiger partial charge in [0, 0.05) is 5.54 Å². The Morgan fingerprint density at radius 3 is 2.13 bits per heavy atom. The third-order valence-corrected chi connectivity index (χ3v) is 11.0. The third-order valence-electron chi connectivity index (χ3n) is 11.0. The highest BCUT2D eigenvalue weighted by Crippen LogP contribution is 2.67. The molecule has 5 fully saturated rings. The highest BCUT2D eigenvalue weighted by molar-refractivity contribution is 5.42. The zero-order valence-electron chi connectivity index (χ0n) is 20.8. The molecule has 10 unspecified atom stereocenters. The Morgan fingerprint density at radius 1 is 0.839 bits per heavy atom. The molecule has 4 N–H and O–H groups in total. The Hall–Kier alpha value is -0.830. The van der Waals surface area contributed by atoms with Crippen molar-refractivity contribution in [2.75, 3.05) is 0 Å². The van der Waals surface area contributed by atoms with Crippen molar-refractivity contribution in [2.45, 2.75) is 104 Å². The highest BCUT2D eigenvalue weighted by Gasteiger charge is 2.60. The van der Waals surface area contributed by atoms with E-state index in [4.69, 9.17) is 10.5 Å². The molecule has 0 aliphatic heterocycles. The second-order valence-corrected chi connectivity index (χ2v) is 12.1. The summed E-state index contributed by atoms with van der Waals surface area (Å²) in [5, 5.41) is 0. The first kappa shape index (κ1) is 24.8. The summed E-state index contributed by atoms with van der Waals surface area (Å²) in [5.41, 5.74) is 12.0. The number of primary amides is 1. The molecule has 10 atom stereocenters. The number of hydrogen-bond donors (Lipinski definition) is 2. The number of carbonyl (C=O) groups is 1. The standard InChI is InChI=1S/C24H41N.C3H6.CH3NO/c1-15-6-7-18-17(16(15)2)10-13-23(3)20(18)9-8-19-21(23)11-14-24(25)12-4-5-22(19)24;1-3-2;2-1-3/h15-22H,4-14,25H2,1-3H3;3H,1H2,2H3;1H,(H2,2,3). The van der Waals surface area contributed by atoms with Crippen LogP contribution in [-0.4, -0.2) is 11.9 Å². The fourth-order valence-corrected chi connectivity index (χ4v) is 9.46. The molecule has 1 amide bonds. The SMILES string of the molecule is C=CC.CC1CCC2C(CCC3(C)C2CCC2C4CCCC4(N)CCC23)C1C.NC=O. The van der Waals surface area contributed by atoms with E-state index in [2.05, 4.69) is 33.1 Å². The van der Waals surface area contributed by atoms with Crippen LogP contribution in [0.5, 0.6) is 0 Å². The van der Waals surface area contributed by atoms with Gasteiger partial charge in [-0.25, -0.2) is 0 Å². The smallest absolute Gasteiger partial charge is 0.204 e. The summed E-state index contributed by atoms with van der Waals surface area (Å²) in [6.45, 7) is 13.1. The van der Waals surface area contributed by atoms with Gasteiger partial charge < -0.3 is 11.5 Å². The first-order valence-electron chi connectivity index (χ1n) is 13.3. The van der Waals surface area contributed by atoms with Crippen molar-refractivity contribution in [3.8, 4) is 0 Å². The first-order chi connectivity index (χ1) is 14.8. The summed E-state index contributed by atoms with van der Waals surface area (Å²) in [6.07, 6.45) is 18.1. The molecular formula is C28H50N2O. The summed E-state index contributed by atoms with van der Waals surface area (Å²) in [4.78, 5) is 8.58. The van der Waals surface area contributed by atoms with Crippen LogP contribution in [0.1, 0.15) is 98.3 Å². The lowest BCUT2D eigenvalue weighted by atomic mass is 9.41. The lowest BCUT2D eigenvalue weighted by Gasteiger charge is -2.64. The zero-order valence-corrected chi connectivity index (χ0v) is 20.8. The quantitative estimate of drug-likeness (QED) is 0.349. The normalized spacial score (nSPS) is 50.0. The molecule has 0 heterocycles. The fraction of sp³-hybridized carbons (Fsp3) is 0.893. The average molecular weight is 431 g/mol. The fourth-order valence-electron chi connectivity index (χ4n) is 9.46. The van der Waals surface area contributed by atoms with Crippen LogP contribution in [0.2, 0.25) is 0 Å². The topological polar surface area (TPSA) is 69.1 Å². The second-order valence-electron chi connectivity index (χ2n) is 12.1. The van der Waals surface area contributed by atoms with Crippen LogP contribution in [0.4, 0.5) is 0 Å².